The Morgan fingerprint density at radius 3 is 2.74 bits per heavy atom. The topological polar surface area (TPSA) is 83.7 Å². The van der Waals surface area contributed by atoms with Gasteiger partial charge in [-0.1, -0.05) is 17.5 Å². The summed E-state index contributed by atoms with van der Waals surface area (Å²) in [4.78, 5) is 21.8. The second-order valence-corrected chi connectivity index (χ2v) is 3.87. The second kappa shape index (κ2) is 6.02. The van der Waals surface area contributed by atoms with Crippen LogP contribution in [0.5, 0.6) is 0 Å². The lowest BCUT2D eigenvalue weighted by Gasteiger charge is -2.20. The van der Waals surface area contributed by atoms with Gasteiger partial charge in [-0.3, -0.25) is 14.9 Å². The minimum atomic E-state index is -1.25. The number of benzene rings is 1. The number of carboxylic acids is 1. The van der Waals surface area contributed by atoms with Crippen molar-refractivity contribution < 1.29 is 19.2 Å². The van der Waals surface area contributed by atoms with Crippen molar-refractivity contribution in [3.63, 3.8) is 0 Å². The highest BCUT2D eigenvalue weighted by molar-refractivity contribution is 6.31. The summed E-state index contributed by atoms with van der Waals surface area (Å²) in [5.41, 5.74) is -0.741. The molecule has 1 aromatic rings. The summed E-state index contributed by atoms with van der Waals surface area (Å²) in [7, 11) is 0. The number of carbonyl (C=O) groups is 1. The zero-order valence-electron chi connectivity index (χ0n) is 9.47. The van der Waals surface area contributed by atoms with E-state index in [0.717, 1.165) is 17.0 Å². The molecule has 0 aliphatic rings. The van der Waals surface area contributed by atoms with Crippen LogP contribution in [0.4, 0.5) is 15.8 Å². The fraction of sp³-hybridized carbons (Fsp3) is 0.182. The van der Waals surface area contributed by atoms with Crippen molar-refractivity contribution in [2.75, 3.05) is 18.0 Å². The van der Waals surface area contributed by atoms with Crippen molar-refractivity contribution in [2.24, 2.45) is 0 Å². The van der Waals surface area contributed by atoms with E-state index < -0.39 is 34.0 Å². The summed E-state index contributed by atoms with van der Waals surface area (Å²) in [6.07, 6.45) is 5.06. The van der Waals surface area contributed by atoms with Crippen molar-refractivity contribution in [3.05, 3.63) is 33.1 Å². The smallest absolute Gasteiger partial charge is 0.323 e. The van der Waals surface area contributed by atoms with Crippen LogP contribution in [0.25, 0.3) is 0 Å². The highest BCUT2D eigenvalue weighted by Crippen LogP contribution is 2.32. The first kappa shape index (κ1) is 14.7. The average molecular weight is 287 g/mol. The molecule has 19 heavy (non-hydrogen) atoms. The van der Waals surface area contributed by atoms with Gasteiger partial charge in [-0.25, -0.2) is 4.39 Å². The van der Waals surface area contributed by atoms with Gasteiger partial charge in [-0.15, -0.1) is 6.42 Å². The van der Waals surface area contributed by atoms with Crippen molar-refractivity contribution >= 4 is 28.9 Å². The molecule has 0 atom stereocenters. The SMILES string of the molecule is C#CCN(CC(=O)O)c1cc(F)c(Cl)cc1[N+](=O)[O-]. The number of anilines is 1. The van der Waals surface area contributed by atoms with E-state index in [0.29, 0.717) is 0 Å². The number of hydrogen-bond donors (Lipinski definition) is 1. The Labute approximate surface area is 112 Å². The van der Waals surface area contributed by atoms with Gasteiger partial charge in [-0.05, 0) is 0 Å². The standard InChI is InChI=1S/C11H8ClFN2O4/c1-2-3-14(6-11(16)17)9-5-8(13)7(12)4-10(9)15(18)19/h1,4-5H,3,6H2,(H,16,17). The van der Waals surface area contributed by atoms with Gasteiger partial charge >= 0.3 is 5.97 Å². The average Bonchev–Trinajstić information content (AvgIpc) is 2.30. The number of hydrogen-bond acceptors (Lipinski definition) is 4. The number of terminal acetylenes is 1. The molecule has 0 unspecified atom stereocenters. The summed E-state index contributed by atoms with van der Waals surface area (Å²) >= 11 is 5.46. The highest BCUT2D eigenvalue weighted by Gasteiger charge is 2.23. The molecule has 8 heteroatoms. The van der Waals surface area contributed by atoms with E-state index in [4.69, 9.17) is 23.1 Å². The molecular weight excluding hydrogens is 279 g/mol. The zero-order chi connectivity index (χ0) is 14.6. The van der Waals surface area contributed by atoms with E-state index in [9.17, 15) is 19.3 Å². The van der Waals surface area contributed by atoms with Crippen LogP contribution in [0.15, 0.2) is 12.1 Å². The van der Waals surface area contributed by atoms with E-state index >= 15 is 0 Å². The van der Waals surface area contributed by atoms with Crippen molar-refractivity contribution in [1.29, 1.82) is 0 Å². The van der Waals surface area contributed by atoms with Crippen LogP contribution in [-0.4, -0.2) is 29.1 Å². The lowest BCUT2D eigenvalue weighted by atomic mass is 10.2. The van der Waals surface area contributed by atoms with Crippen LogP contribution >= 0.6 is 11.6 Å². The monoisotopic (exact) mass is 286 g/mol. The largest absolute Gasteiger partial charge is 0.480 e. The first-order valence-electron chi connectivity index (χ1n) is 4.90. The van der Waals surface area contributed by atoms with E-state index in [1.165, 1.54) is 0 Å². The molecule has 1 aromatic carbocycles. The Morgan fingerprint density at radius 1 is 1.63 bits per heavy atom. The van der Waals surface area contributed by atoms with Crippen LogP contribution in [0.1, 0.15) is 0 Å². The van der Waals surface area contributed by atoms with E-state index in [1.807, 2.05) is 0 Å². The van der Waals surface area contributed by atoms with E-state index in [1.54, 1.807) is 0 Å². The molecule has 0 heterocycles. The molecule has 1 rings (SSSR count). The Kier molecular flexibility index (Phi) is 4.67. The van der Waals surface area contributed by atoms with E-state index in [-0.39, 0.29) is 12.2 Å². The minimum absolute atomic E-state index is 0.214. The molecule has 0 aliphatic heterocycles. The molecule has 0 radical (unpaired) electrons. The first-order chi connectivity index (χ1) is 8.86. The Balaban J connectivity index is 3.35. The van der Waals surface area contributed by atoms with E-state index in [2.05, 4.69) is 5.92 Å². The molecule has 6 nitrogen and oxygen atoms in total. The third kappa shape index (κ3) is 3.56. The number of carboxylic acid groups (broad SMARTS) is 1. The van der Waals surface area contributed by atoms with Crippen molar-refractivity contribution in [2.45, 2.75) is 0 Å². The van der Waals surface area contributed by atoms with Gasteiger partial charge in [0.05, 0.1) is 16.5 Å². The third-order valence-electron chi connectivity index (χ3n) is 2.16. The van der Waals surface area contributed by atoms with Crippen LogP contribution in [0.2, 0.25) is 5.02 Å². The second-order valence-electron chi connectivity index (χ2n) is 3.47. The normalized spacial score (nSPS) is 9.74. The maximum atomic E-state index is 13.4. The van der Waals surface area contributed by atoms with Gasteiger partial charge in [0, 0.05) is 12.1 Å². The predicted molar refractivity (Wildman–Crippen MR) is 66.7 cm³/mol. The lowest BCUT2D eigenvalue weighted by Crippen LogP contribution is -2.30. The highest BCUT2D eigenvalue weighted by atomic mass is 35.5. The zero-order valence-corrected chi connectivity index (χ0v) is 10.2. The predicted octanol–water partition coefficient (Wildman–Crippen LogP) is 1.91. The van der Waals surface area contributed by atoms with Crippen LogP contribution in [0.3, 0.4) is 0 Å². The Morgan fingerprint density at radius 2 is 2.26 bits per heavy atom. The number of aliphatic carboxylic acids is 1. The van der Waals surface area contributed by atoms with Crippen LogP contribution < -0.4 is 4.90 Å². The number of nitro benzene ring substituents is 1. The van der Waals surface area contributed by atoms with Gasteiger partial charge in [0.2, 0.25) is 0 Å². The van der Waals surface area contributed by atoms with Gasteiger partial charge in [0.15, 0.2) is 0 Å². The van der Waals surface area contributed by atoms with Crippen LogP contribution in [-0.2, 0) is 4.79 Å². The molecule has 0 fully saturated rings. The van der Waals surface area contributed by atoms with Crippen molar-refractivity contribution in [3.8, 4) is 12.3 Å². The number of rotatable bonds is 5. The summed E-state index contributed by atoms with van der Waals surface area (Å²) < 4.78 is 13.4. The number of halogens is 2. The fourth-order valence-corrected chi connectivity index (χ4v) is 1.58. The molecule has 0 aromatic heterocycles. The lowest BCUT2D eigenvalue weighted by molar-refractivity contribution is -0.384. The minimum Gasteiger partial charge on any atom is -0.480 e. The maximum absolute atomic E-state index is 13.4. The Hall–Kier alpha value is -2.33. The summed E-state index contributed by atoms with van der Waals surface area (Å²) in [6.45, 7) is -0.805. The van der Waals surface area contributed by atoms with Gasteiger partial charge < -0.3 is 10.0 Å². The van der Waals surface area contributed by atoms with Gasteiger partial charge in [0.25, 0.3) is 5.69 Å². The molecule has 0 amide bonds. The molecule has 0 saturated carbocycles. The molecule has 1 N–H and O–H groups in total. The summed E-state index contributed by atoms with van der Waals surface area (Å²) in [5.74, 6) is 0.0125. The quantitative estimate of drug-likeness (QED) is 0.508. The summed E-state index contributed by atoms with van der Waals surface area (Å²) in [6, 6.07) is 1.61. The summed E-state index contributed by atoms with van der Waals surface area (Å²) in [5, 5.41) is 19.2. The molecule has 0 bridgehead atoms. The Bertz CT molecular complexity index is 571. The molecule has 0 aliphatic carbocycles. The number of nitro groups is 1. The third-order valence-corrected chi connectivity index (χ3v) is 2.45. The van der Waals surface area contributed by atoms with Gasteiger partial charge in [-0.2, -0.15) is 0 Å². The van der Waals surface area contributed by atoms with Crippen molar-refractivity contribution in [1.82, 2.24) is 0 Å². The van der Waals surface area contributed by atoms with Gasteiger partial charge in [0.1, 0.15) is 18.0 Å². The first-order valence-corrected chi connectivity index (χ1v) is 5.28. The maximum Gasteiger partial charge on any atom is 0.323 e. The number of nitrogens with zero attached hydrogens (tertiary/aromatic N) is 2. The fourth-order valence-electron chi connectivity index (χ4n) is 1.43. The molecular formula is C11H8ClFN2O4. The molecule has 0 saturated heterocycles. The van der Waals surface area contributed by atoms with Crippen LogP contribution in [0, 0.1) is 28.3 Å². The molecule has 0 spiro atoms. The molecule has 100 valence electrons.